The van der Waals surface area contributed by atoms with Crippen molar-refractivity contribution in [2.24, 2.45) is 0 Å². The molecule has 0 atom stereocenters. The van der Waals surface area contributed by atoms with E-state index in [4.69, 9.17) is 0 Å². The third kappa shape index (κ3) is 2.09. The fraction of sp³-hybridized carbons (Fsp3) is 0.273. The zero-order valence-corrected chi connectivity index (χ0v) is 9.97. The normalized spacial score (nSPS) is 10.8. The topological polar surface area (TPSA) is 45.8 Å². The maximum atomic E-state index is 11.3. The van der Waals surface area contributed by atoms with E-state index in [-0.39, 0.29) is 5.69 Å². The Morgan fingerprint density at radius 3 is 3.00 bits per heavy atom. The Labute approximate surface area is 95.7 Å². The van der Waals surface area contributed by atoms with Crippen molar-refractivity contribution in [1.82, 2.24) is 9.97 Å². The van der Waals surface area contributed by atoms with Crippen molar-refractivity contribution in [3.8, 4) is 0 Å². The number of halogens is 1. The molecule has 0 saturated heterocycles. The van der Waals surface area contributed by atoms with E-state index in [1.807, 2.05) is 18.2 Å². The summed E-state index contributed by atoms with van der Waals surface area (Å²) in [5.74, 6) is 0. The molecule has 1 aromatic carbocycles. The van der Waals surface area contributed by atoms with Gasteiger partial charge in [-0.1, -0.05) is 29.3 Å². The van der Waals surface area contributed by atoms with Gasteiger partial charge in [0.15, 0.2) is 0 Å². The van der Waals surface area contributed by atoms with E-state index in [1.54, 1.807) is 0 Å². The molecule has 0 fully saturated rings. The SMILES string of the molecule is CCCc1[nH]c(=O)nc2ccc(Br)cc12. The summed E-state index contributed by atoms with van der Waals surface area (Å²) in [7, 11) is 0. The number of aromatic amines is 1. The average Bonchev–Trinajstić information content (AvgIpc) is 2.19. The summed E-state index contributed by atoms with van der Waals surface area (Å²) < 4.78 is 1.00. The maximum Gasteiger partial charge on any atom is 0.345 e. The molecule has 0 saturated carbocycles. The Hall–Kier alpha value is -1.16. The fourth-order valence-corrected chi connectivity index (χ4v) is 1.99. The molecule has 1 heterocycles. The Morgan fingerprint density at radius 2 is 2.27 bits per heavy atom. The maximum absolute atomic E-state index is 11.3. The molecule has 0 unspecified atom stereocenters. The minimum atomic E-state index is -0.270. The summed E-state index contributed by atoms with van der Waals surface area (Å²) in [4.78, 5) is 18.0. The van der Waals surface area contributed by atoms with Gasteiger partial charge in [-0.25, -0.2) is 4.79 Å². The lowest BCUT2D eigenvalue weighted by Crippen LogP contribution is -2.13. The van der Waals surface area contributed by atoms with Gasteiger partial charge in [-0.05, 0) is 24.6 Å². The number of benzene rings is 1. The quantitative estimate of drug-likeness (QED) is 0.909. The molecule has 15 heavy (non-hydrogen) atoms. The van der Waals surface area contributed by atoms with Crippen LogP contribution >= 0.6 is 15.9 Å². The van der Waals surface area contributed by atoms with Crippen molar-refractivity contribution in [3.63, 3.8) is 0 Å². The smallest absolute Gasteiger partial charge is 0.309 e. The van der Waals surface area contributed by atoms with Gasteiger partial charge in [0.05, 0.1) is 5.52 Å². The van der Waals surface area contributed by atoms with E-state index in [1.165, 1.54) is 0 Å². The third-order valence-electron chi connectivity index (χ3n) is 2.26. The highest BCUT2D eigenvalue weighted by atomic mass is 79.9. The zero-order chi connectivity index (χ0) is 10.8. The standard InChI is InChI=1S/C11H11BrN2O/c1-2-3-9-8-6-7(12)4-5-10(8)14-11(15)13-9/h4-6H,2-3H2,1H3,(H,13,14,15). The first-order valence-corrected chi connectivity index (χ1v) is 5.68. The molecule has 0 aliphatic carbocycles. The van der Waals surface area contributed by atoms with Crippen LogP contribution in [-0.2, 0) is 6.42 Å². The number of hydrogen-bond acceptors (Lipinski definition) is 2. The zero-order valence-electron chi connectivity index (χ0n) is 8.38. The van der Waals surface area contributed by atoms with E-state index in [2.05, 4.69) is 32.8 Å². The molecule has 0 amide bonds. The van der Waals surface area contributed by atoms with E-state index >= 15 is 0 Å². The predicted molar refractivity (Wildman–Crippen MR) is 64.1 cm³/mol. The van der Waals surface area contributed by atoms with Crippen molar-refractivity contribution in [2.45, 2.75) is 19.8 Å². The fourth-order valence-electron chi connectivity index (χ4n) is 1.63. The van der Waals surface area contributed by atoms with Gasteiger partial charge < -0.3 is 4.98 Å². The summed E-state index contributed by atoms with van der Waals surface area (Å²) in [6, 6.07) is 5.74. The van der Waals surface area contributed by atoms with Gasteiger partial charge in [0.25, 0.3) is 0 Å². The molecule has 0 radical (unpaired) electrons. The van der Waals surface area contributed by atoms with Crippen LogP contribution in [0.3, 0.4) is 0 Å². The average molecular weight is 267 g/mol. The number of fused-ring (bicyclic) bond motifs is 1. The highest BCUT2D eigenvalue weighted by molar-refractivity contribution is 9.10. The van der Waals surface area contributed by atoms with Crippen LogP contribution in [0.4, 0.5) is 0 Å². The third-order valence-corrected chi connectivity index (χ3v) is 2.76. The van der Waals surface area contributed by atoms with Gasteiger partial charge in [-0.2, -0.15) is 4.98 Å². The van der Waals surface area contributed by atoms with Gasteiger partial charge in [-0.3, -0.25) is 0 Å². The van der Waals surface area contributed by atoms with Crippen molar-refractivity contribution in [2.75, 3.05) is 0 Å². The lowest BCUT2D eigenvalue weighted by Gasteiger charge is -2.04. The number of nitrogens with zero attached hydrogens (tertiary/aromatic N) is 1. The molecular formula is C11H11BrN2O. The number of H-pyrrole nitrogens is 1. The van der Waals surface area contributed by atoms with Crippen LogP contribution in [-0.4, -0.2) is 9.97 Å². The molecule has 1 aromatic heterocycles. The summed E-state index contributed by atoms with van der Waals surface area (Å²) in [6.45, 7) is 2.09. The van der Waals surface area contributed by atoms with Crippen molar-refractivity contribution in [3.05, 3.63) is 38.9 Å². The molecule has 4 heteroatoms. The Bertz CT molecular complexity index is 548. The molecule has 0 aliphatic heterocycles. The van der Waals surface area contributed by atoms with Crippen LogP contribution in [0.2, 0.25) is 0 Å². The number of hydrogen-bond donors (Lipinski definition) is 1. The first-order chi connectivity index (χ1) is 7.20. The molecular weight excluding hydrogens is 256 g/mol. The molecule has 2 aromatic rings. The molecule has 0 aliphatic rings. The van der Waals surface area contributed by atoms with Crippen LogP contribution in [0.25, 0.3) is 10.9 Å². The monoisotopic (exact) mass is 266 g/mol. The van der Waals surface area contributed by atoms with Crippen molar-refractivity contribution in [1.29, 1.82) is 0 Å². The molecule has 3 nitrogen and oxygen atoms in total. The summed E-state index contributed by atoms with van der Waals surface area (Å²) in [5.41, 5.74) is 1.45. The van der Waals surface area contributed by atoms with Gasteiger partial charge in [0, 0.05) is 15.6 Å². The van der Waals surface area contributed by atoms with Gasteiger partial charge in [0.2, 0.25) is 0 Å². The Morgan fingerprint density at radius 1 is 1.47 bits per heavy atom. The molecule has 2 rings (SSSR count). The van der Waals surface area contributed by atoms with Gasteiger partial charge in [-0.15, -0.1) is 0 Å². The van der Waals surface area contributed by atoms with Crippen molar-refractivity contribution >= 4 is 26.8 Å². The predicted octanol–water partition coefficient (Wildman–Crippen LogP) is 2.64. The molecule has 0 bridgehead atoms. The minimum Gasteiger partial charge on any atom is -0.309 e. The summed E-state index contributed by atoms with van der Waals surface area (Å²) in [5, 5.41) is 1.02. The second kappa shape index (κ2) is 4.14. The largest absolute Gasteiger partial charge is 0.345 e. The van der Waals surface area contributed by atoms with Crippen molar-refractivity contribution < 1.29 is 0 Å². The Balaban J connectivity index is 2.75. The number of aromatic nitrogens is 2. The lowest BCUT2D eigenvalue weighted by atomic mass is 10.1. The highest BCUT2D eigenvalue weighted by Gasteiger charge is 2.04. The minimum absolute atomic E-state index is 0.270. The summed E-state index contributed by atoms with van der Waals surface area (Å²) in [6.07, 6.45) is 1.87. The van der Waals surface area contributed by atoms with Crippen LogP contribution < -0.4 is 5.69 Å². The van der Waals surface area contributed by atoms with E-state index < -0.39 is 0 Å². The van der Waals surface area contributed by atoms with Crippen LogP contribution in [0.1, 0.15) is 19.0 Å². The van der Waals surface area contributed by atoms with Gasteiger partial charge >= 0.3 is 5.69 Å². The molecule has 0 spiro atoms. The van der Waals surface area contributed by atoms with E-state index in [0.717, 1.165) is 33.9 Å². The summed E-state index contributed by atoms with van der Waals surface area (Å²) >= 11 is 3.42. The Kier molecular flexibility index (Phi) is 2.86. The first kappa shape index (κ1) is 10.4. The molecule has 78 valence electrons. The van der Waals surface area contributed by atoms with Crippen LogP contribution in [0, 0.1) is 0 Å². The highest BCUT2D eigenvalue weighted by Crippen LogP contribution is 2.20. The van der Waals surface area contributed by atoms with Crippen LogP contribution in [0.15, 0.2) is 27.5 Å². The lowest BCUT2D eigenvalue weighted by molar-refractivity contribution is 0.874. The first-order valence-electron chi connectivity index (χ1n) is 4.89. The number of nitrogens with one attached hydrogen (secondary N) is 1. The van der Waals surface area contributed by atoms with Crippen LogP contribution in [0.5, 0.6) is 0 Å². The van der Waals surface area contributed by atoms with E-state index in [0.29, 0.717) is 0 Å². The number of rotatable bonds is 2. The number of aryl methyl sites for hydroxylation is 1. The molecule has 1 N–H and O–H groups in total. The van der Waals surface area contributed by atoms with E-state index in [9.17, 15) is 4.79 Å². The second-order valence-electron chi connectivity index (χ2n) is 3.43. The second-order valence-corrected chi connectivity index (χ2v) is 4.35. The van der Waals surface area contributed by atoms with Gasteiger partial charge in [0.1, 0.15) is 0 Å².